The SMILES string of the molecule is Cc1nc2c(c(=O)n1NC(=O)CCl)[C@@H]1CCCC[C@@H]1S2. The predicted octanol–water partition coefficient (Wildman–Crippen LogP) is 1.99. The summed E-state index contributed by atoms with van der Waals surface area (Å²) in [5, 5.41) is 1.32. The Morgan fingerprint density at radius 3 is 3.00 bits per heavy atom. The number of alkyl halides is 1. The molecule has 1 N–H and O–H groups in total. The summed E-state index contributed by atoms with van der Waals surface area (Å²) in [5.41, 5.74) is 3.15. The van der Waals surface area contributed by atoms with E-state index < -0.39 is 5.91 Å². The number of aromatic nitrogens is 2. The van der Waals surface area contributed by atoms with Crippen LogP contribution in [0.4, 0.5) is 0 Å². The maximum Gasteiger partial charge on any atom is 0.277 e. The van der Waals surface area contributed by atoms with Crippen LogP contribution < -0.4 is 11.0 Å². The third-order valence-electron chi connectivity index (χ3n) is 3.95. The smallest absolute Gasteiger partial charge is 0.272 e. The number of rotatable bonds is 2. The lowest BCUT2D eigenvalue weighted by Crippen LogP contribution is -2.38. The van der Waals surface area contributed by atoms with Gasteiger partial charge in [0.1, 0.15) is 16.7 Å². The zero-order valence-corrected chi connectivity index (χ0v) is 12.8. The number of fused-ring (bicyclic) bond motifs is 3. The molecule has 0 saturated heterocycles. The Kier molecular flexibility index (Phi) is 3.77. The Bertz CT molecular complexity index is 616. The lowest BCUT2D eigenvalue weighted by atomic mass is 9.85. The quantitative estimate of drug-likeness (QED) is 0.670. The molecule has 7 heteroatoms. The first-order valence-corrected chi connectivity index (χ1v) is 8.19. The molecule has 1 saturated carbocycles. The van der Waals surface area contributed by atoms with Gasteiger partial charge in [0.2, 0.25) is 0 Å². The van der Waals surface area contributed by atoms with Crippen molar-refractivity contribution in [3.63, 3.8) is 0 Å². The molecule has 0 spiro atoms. The number of carbonyl (C=O) groups excluding carboxylic acids is 1. The van der Waals surface area contributed by atoms with Gasteiger partial charge in [-0.25, -0.2) is 9.66 Å². The number of amides is 1. The van der Waals surface area contributed by atoms with Gasteiger partial charge in [-0.05, 0) is 19.8 Å². The molecule has 108 valence electrons. The molecular formula is C13H16ClN3O2S. The van der Waals surface area contributed by atoms with Crippen molar-refractivity contribution in [2.75, 3.05) is 11.3 Å². The molecule has 0 unspecified atom stereocenters. The topological polar surface area (TPSA) is 64.0 Å². The average Bonchev–Trinajstić information content (AvgIpc) is 2.81. The van der Waals surface area contributed by atoms with Crippen LogP contribution in [0.3, 0.4) is 0 Å². The second kappa shape index (κ2) is 5.41. The van der Waals surface area contributed by atoms with Crippen molar-refractivity contribution >= 4 is 29.3 Å². The largest absolute Gasteiger partial charge is 0.277 e. The third-order valence-corrected chi connectivity index (χ3v) is 5.59. The highest BCUT2D eigenvalue weighted by molar-refractivity contribution is 8.00. The fourth-order valence-corrected chi connectivity index (χ4v) is 4.64. The number of aryl methyl sites for hydroxylation is 1. The highest BCUT2D eigenvalue weighted by Gasteiger charge is 2.39. The zero-order valence-electron chi connectivity index (χ0n) is 11.2. The summed E-state index contributed by atoms with van der Waals surface area (Å²) in [6, 6.07) is 0. The minimum atomic E-state index is -0.399. The standard InChI is InChI=1S/C13H16ClN3O2S/c1-7-15-12-11(8-4-2-3-5-9(8)20-12)13(19)17(7)16-10(18)6-14/h8-9H,2-6H2,1H3,(H,16,18)/t8-,9+/m1/s1. The van der Waals surface area contributed by atoms with Gasteiger partial charge < -0.3 is 0 Å². The number of hydrogen-bond donors (Lipinski definition) is 1. The monoisotopic (exact) mass is 313 g/mol. The highest BCUT2D eigenvalue weighted by atomic mass is 35.5. The van der Waals surface area contributed by atoms with Gasteiger partial charge in [0.25, 0.3) is 11.5 Å². The van der Waals surface area contributed by atoms with Crippen molar-refractivity contribution < 1.29 is 4.79 Å². The highest BCUT2D eigenvalue weighted by Crippen LogP contribution is 2.49. The van der Waals surface area contributed by atoms with Crippen LogP contribution in [-0.2, 0) is 4.79 Å². The average molecular weight is 314 g/mol. The lowest BCUT2D eigenvalue weighted by molar-refractivity contribution is -0.114. The Balaban J connectivity index is 2.04. The molecule has 2 aliphatic rings. The van der Waals surface area contributed by atoms with Gasteiger partial charge >= 0.3 is 0 Å². The molecule has 1 aliphatic heterocycles. The summed E-state index contributed by atoms with van der Waals surface area (Å²) >= 11 is 7.20. The van der Waals surface area contributed by atoms with Crippen LogP contribution in [0.5, 0.6) is 0 Å². The first-order valence-electron chi connectivity index (χ1n) is 6.78. The molecular weight excluding hydrogens is 298 g/mol. The molecule has 0 radical (unpaired) electrons. The molecule has 0 aromatic carbocycles. The molecule has 1 aromatic heterocycles. The maximum atomic E-state index is 12.6. The van der Waals surface area contributed by atoms with Crippen LogP contribution in [0.25, 0.3) is 0 Å². The van der Waals surface area contributed by atoms with Crippen molar-refractivity contribution in [2.24, 2.45) is 0 Å². The fourth-order valence-electron chi connectivity index (χ4n) is 3.02. The predicted molar refractivity (Wildman–Crippen MR) is 79.2 cm³/mol. The van der Waals surface area contributed by atoms with Gasteiger partial charge in [-0.15, -0.1) is 23.4 Å². The zero-order chi connectivity index (χ0) is 14.3. The number of nitrogens with zero attached hydrogens (tertiary/aromatic N) is 2. The van der Waals surface area contributed by atoms with E-state index in [9.17, 15) is 9.59 Å². The van der Waals surface area contributed by atoms with Crippen LogP contribution >= 0.6 is 23.4 Å². The lowest BCUT2D eigenvalue weighted by Gasteiger charge is -2.23. The third kappa shape index (κ3) is 2.24. The Labute approximate surface area is 126 Å². The van der Waals surface area contributed by atoms with Gasteiger partial charge in [-0.2, -0.15) is 0 Å². The normalized spacial score (nSPS) is 24.1. The van der Waals surface area contributed by atoms with E-state index in [1.54, 1.807) is 18.7 Å². The molecule has 1 aliphatic carbocycles. The maximum absolute atomic E-state index is 12.6. The van der Waals surface area contributed by atoms with Crippen LogP contribution in [0.15, 0.2) is 9.82 Å². The van der Waals surface area contributed by atoms with Crippen LogP contribution in [-0.4, -0.2) is 26.7 Å². The second-order valence-electron chi connectivity index (χ2n) is 5.23. The molecule has 5 nitrogen and oxygen atoms in total. The van der Waals surface area contributed by atoms with E-state index in [0.717, 1.165) is 29.9 Å². The first-order chi connectivity index (χ1) is 9.61. The molecule has 1 aromatic rings. The van der Waals surface area contributed by atoms with E-state index >= 15 is 0 Å². The van der Waals surface area contributed by atoms with Gasteiger partial charge in [0.05, 0.1) is 5.56 Å². The molecule has 0 bridgehead atoms. The van der Waals surface area contributed by atoms with E-state index in [-0.39, 0.29) is 17.4 Å². The van der Waals surface area contributed by atoms with Gasteiger partial charge in [0.15, 0.2) is 0 Å². The van der Waals surface area contributed by atoms with Gasteiger partial charge in [-0.1, -0.05) is 12.8 Å². The van der Waals surface area contributed by atoms with E-state index in [1.165, 1.54) is 11.1 Å². The van der Waals surface area contributed by atoms with E-state index in [2.05, 4.69) is 10.4 Å². The van der Waals surface area contributed by atoms with Crippen LogP contribution in [0, 0.1) is 6.92 Å². The minimum absolute atomic E-state index is 0.145. The minimum Gasteiger partial charge on any atom is -0.272 e. The fraction of sp³-hybridized carbons (Fsp3) is 0.615. The Morgan fingerprint density at radius 2 is 2.25 bits per heavy atom. The summed E-state index contributed by atoms with van der Waals surface area (Å²) in [7, 11) is 0. The van der Waals surface area contributed by atoms with Crippen LogP contribution in [0.2, 0.25) is 0 Å². The molecule has 1 fully saturated rings. The van der Waals surface area contributed by atoms with Crippen molar-refractivity contribution in [3.05, 3.63) is 21.7 Å². The van der Waals surface area contributed by atoms with Crippen molar-refractivity contribution in [1.82, 2.24) is 9.66 Å². The van der Waals surface area contributed by atoms with Gasteiger partial charge in [-0.3, -0.25) is 15.0 Å². The molecule has 20 heavy (non-hydrogen) atoms. The second-order valence-corrected chi connectivity index (χ2v) is 6.73. The van der Waals surface area contributed by atoms with Crippen molar-refractivity contribution in [1.29, 1.82) is 0 Å². The molecule has 2 atom stereocenters. The summed E-state index contributed by atoms with van der Waals surface area (Å²) < 4.78 is 1.24. The van der Waals surface area contributed by atoms with Crippen LogP contribution in [0.1, 0.15) is 43.0 Å². The number of carbonyl (C=O) groups is 1. The summed E-state index contributed by atoms with van der Waals surface area (Å²) in [4.78, 5) is 28.6. The number of thioether (sulfide) groups is 1. The number of hydrogen-bond acceptors (Lipinski definition) is 4. The van der Waals surface area contributed by atoms with Gasteiger partial charge in [0, 0.05) is 11.2 Å². The number of nitrogens with one attached hydrogen (secondary N) is 1. The Hall–Kier alpha value is -1.01. The number of halogens is 1. The summed E-state index contributed by atoms with van der Waals surface area (Å²) in [6.45, 7) is 1.72. The molecule has 3 rings (SSSR count). The summed E-state index contributed by atoms with van der Waals surface area (Å²) in [5.74, 6) is 0.204. The van der Waals surface area contributed by atoms with E-state index in [4.69, 9.17) is 11.6 Å². The molecule has 2 heterocycles. The molecule has 1 amide bonds. The first kappa shape index (κ1) is 13.9. The van der Waals surface area contributed by atoms with E-state index in [1.807, 2.05) is 0 Å². The summed E-state index contributed by atoms with van der Waals surface area (Å²) in [6.07, 6.45) is 4.55. The van der Waals surface area contributed by atoms with Crippen molar-refractivity contribution in [2.45, 2.75) is 48.8 Å². The van der Waals surface area contributed by atoms with Crippen molar-refractivity contribution in [3.8, 4) is 0 Å². The Morgan fingerprint density at radius 1 is 1.50 bits per heavy atom. The van der Waals surface area contributed by atoms with E-state index in [0.29, 0.717) is 11.1 Å².